The summed E-state index contributed by atoms with van der Waals surface area (Å²) in [7, 11) is 0. The number of rotatable bonds is 5. The number of nitrogens with one attached hydrogen (secondary N) is 1. The van der Waals surface area contributed by atoms with Gasteiger partial charge in [-0.3, -0.25) is 4.79 Å². The second-order valence-corrected chi connectivity index (χ2v) is 6.03. The summed E-state index contributed by atoms with van der Waals surface area (Å²) >= 11 is 5.86. The van der Waals surface area contributed by atoms with Crippen molar-refractivity contribution in [2.45, 2.75) is 38.3 Å². The molecule has 0 aliphatic carbocycles. The maximum atomic E-state index is 12.0. The van der Waals surface area contributed by atoms with Crippen LogP contribution in [0.25, 0.3) is 11.5 Å². The summed E-state index contributed by atoms with van der Waals surface area (Å²) in [6, 6.07) is 6.80. The van der Waals surface area contributed by atoms with Crippen molar-refractivity contribution in [2.24, 2.45) is 0 Å². The molecule has 0 unspecified atom stereocenters. The van der Waals surface area contributed by atoms with E-state index in [-0.39, 0.29) is 18.1 Å². The Morgan fingerprint density at radius 2 is 2.22 bits per heavy atom. The predicted octanol–water partition coefficient (Wildman–Crippen LogP) is 3.14. The summed E-state index contributed by atoms with van der Waals surface area (Å²) < 4.78 is 10.7. The molecule has 1 aliphatic rings. The maximum absolute atomic E-state index is 12.0. The van der Waals surface area contributed by atoms with Crippen LogP contribution in [0.1, 0.15) is 38.1 Å². The maximum Gasteiger partial charge on any atom is 0.257 e. The Bertz CT molecular complexity index is 665. The van der Waals surface area contributed by atoms with Crippen molar-refractivity contribution in [1.82, 2.24) is 15.5 Å². The van der Waals surface area contributed by atoms with Gasteiger partial charge in [0, 0.05) is 17.2 Å². The van der Waals surface area contributed by atoms with Gasteiger partial charge in [0.15, 0.2) is 5.82 Å². The van der Waals surface area contributed by atoms with Crippen LogP contribution in [-0.2, 0) is 9.53 Å². The van der Waals surface area contributed by atoms with Crippen molar-refractivity contribution in [3.05, 3.63) is 35.1 Å². The first-order valence-corrected chi connectivity index (χ1v) is 8.00. The van der Waals surface area contributed by atoms with E-state index in [4.69, 9.17) is 20.9 Å². The zero-order valence-corrected chi connectivity index (χ0v) is 13.5. The molecule has 0 saturated carbocycles. The molecule has 2 heterocycles. The van der Waals surface area contributed by atoms with Crippen LogP contribution in [0.3, 0.4) is 0 Å². The Labute approximate surface area is 139 Å². The number of amides is 1. The number of nitrogens with zero attached hydrogens (tertiary/aromatic N) is 2. The van der Waals surface area contributed by atoms with Crippen molar-refractivity contribution < 1.29 is 14.1 Å². The predicted molar refractivity (Wildman–Crippen MR) is 84.9 cm³/mol. The van der Waals surface area contributed by atoms with Gasteiger partial charge < -0.3 is 14.6 Å². The average Bonchev–Trinajstić information content (AvgIpc) is 3.19. The quantitative estimate of drug-likeness (QED) is 0.908. The number of ether oxygens (including phenoxy) is 1. The van der Waals surface area contributed by atoms with Crippen LogP contribution in [-0.4, -0.2) is 28.8 Å². The molecule has 7 heteroatoms. The average molecular weight is 336 g/mol. The van der Waals surface area contributed by atoms with Gasteiger partial charge in [0.25, 0.3) is 5.89 Å². The third-order valence-electron chi connectivity index (χ3n) is 3.73. The zero-order valence-electron chi connectivity index (χ0n) is 12.8. The molecule has 23 heavy (non-hydrogen) atoms. The van der Waals surface area contributed by atoms with E-state index >= 15 is 0 Å². The molecule has 0 spiro atoms. The number of carbonyl (C=O) groups excluding carboxylic acids is 1. The van der Waals surface area contributed by atoms with E-state index in [1.807, 2.05) is 6.92 Å². The fraction of sp³-hybridized carbons (Fsp3) is 0.438. The molecule has 122 valence electrons. The van der Waals surface area contributed by atoms with Crippen LogP contribution in [0.4, 0.5) is 0 Å². The van der Waals surface area contributed by atoms with Gasteiger partial charge in [0.1, 0.15) is 0 Å². The Balaban J connectivity index is 1.60. The molecule has 6 nitrogen and oxygen atoms in total. The molecule has 2 aromatic rings. The van der Waals surface area contributed by atoms with Gasteiger partial charge in [-0.25, -0.2) is 0 Å². The van der Waals surface area contributed by atoms with Gasteiger partial charge in [0.05, 0.1) is 18.6 Å². The Morgan fingerprint density at radius 3 is 2.91 bits per heavy atom. The lowest BCUT2D eigenvalue weighted by Gasteiger charge is -2.12. The van der Waals surface area contributed by atoms with Crippen LogP contribution in [0, 0.1) is 0 Å². The normalized spacial score (nSPS) is 18.8. The number of hydrogen-bond donors (Lipinski definition) is 1. The molecular formula is C16H18ClN3O3. The molecule has 1 aliphatic heterocycles. The summed E-state index contributed by atoms with van der Waals surface area (Å²) in [5, 5.41) is 7.45. The molecule has 1 N–H and O–H groups in total. The first-order valence-electron chi connectivity index (χ1n) is 7.62. The third kappa shape index (κ3) is 4.09. The molecule has 2 atom stereocenters. The lowest BCUT2D eigenvalue weighted by molar-refractivity contribution is -0.123. The van der Waals surface area contributed by atoms with Crippen LogP contribution < -0.4 is 5.32 Å². The van der Waals surface area contributed by atoms with Gasteiger partial charge in [0.2, 0.25) is 5.91 Å². The molecule has 0 radical (unpaired) electrons. The Hall–Kier alpha value is -1.92. The van der Waals surface area contributed by atoms with E-state index in [9.17, 15) is 4.79 Å². The van der Waals surface area contributed by atoms with E-state index in [1.165, 1.54) is 0 Å². The van der Waals surface area contributed by atoms with Gasteiger partial charge in [-0.2, -0.15) is 4.98 Å². The minimum absolute atomic E-state index is 0.0251. The van der Waals surface area contributed by atoms with Gasteiger partial charge in [-0.1, -0.05) is 16.8 Å². The second kappa shape index (κ2) is 7.10. The number of carbonyl (C=O) groups is 1. The van der Waals surface area contributed by atoms with E-state index in [2.05, 4.69) is 15.5 Å². The summed E-state index contributed by atoms with van der Waals surface area (Å²) in [4.78, 5) is 16.3. The van der Waals surface area contributed by atoms with E-state index < -0.39 is 0 Å². The van der Waals surface area contributed by atoms with Crippen molar-refractivity contribution in [3.8, 4) is 11.5 Å². The SMILES string of the molecule is C[C@H](NC(=O)C[C@@H]1CCCO1)c1noc(-c2ccc(Cl)cc2)n1. The number of benzene rings is 1. The second-order valence-electron chi connectivity index (χ2n) is 5.59. The Kier molecular flexibility index (Phi) is 4.93. The minimum atomic E-state index is -0.325. The highest BCUT2D eigenvalue weighted by atomic mass is 35.5. The van der Waals surface area contributed by atoms with Crippen molar-refractivity contribution in [1.29, 1.82) is 0 Å². The number of hydrogen-bond acceptors (Lipinski definition) is 5. The Morgan fingerprint density at radius 1 is 1.43 bits per heavy atom. The first-order chi connectivity index (χ1) is 11.1. The number of aromatic nitrogens is 2. The smallest absolute Gasteiger partial charge is 0.257 e. The van der Waals surface area contributed by atoms with Gasteiger partial charge >= 0.3 is 0 Å². The van der Waals surface area contributed by atoms with Crippen molar-refractivity contribution >= 4 is 17.5 Å². The van der Waals surface area contributed by atoms with Crippen molar-refractivity contribution in [2.75, 3.05) is 6.61 Å². The summed E-state index contributed by atoms with van der Waals surface area (Å²) in [5.41, 5.74) is 0.783. The minimum Gasteiger partial charge on any atom is -0.378 e. The first kappa shape index (κ1) is 16.0. The molecule has 1 fully saturated rings. The van der Waals surface area contributed by atoms with Crippen LogP contribution in [0.15, 0.2) is 28.8 Å². The van der Waals surface area contributed by atoms with Crippen LogP contribution in [0.2, 0.25) is 5.02 Å². The third-order valence-corrected chi connectivity index (χ3v) is 3.99. The molecule has 1 saturated heterocycles. The fourth-order valence-corrected chi connectivity index (χ4v) is 2.62. The highest BCUT2D eigenvalue weighted by molar-refractivity contribution is 6.30. The zero-order chi connectivity index (χ0) is 16.2. The van der Waals surface area contributed by atoms with E-state index in [0.29, 0.717) is 23.2 Å². The standard InChI is InChI=1S/C16H18ClN3O3/c1-10(18-14(21)9-13-3-2-8-22-13)15-19-16(23-20-15)11-4-6-12(17)7-5-11/h4-7,10,13H,2-3,8-9H2,1H3,(H,18,21)/t10-,13-/m0/s1. The van der Waals surface area contributed by atoms with Crippen LogP contribution in [0.5, 0.6) is 0 Å². The highest BCUT2D eigenvalue weighted by Crippen LogP contribution is 2.21. The topological polar surface area (TPSA) is 77.2 Å². The summed E-state index contributed by atoms with van der Waals surface area (Å²) in [6.07, 6.45) is 2.34. The van der Waals surface area contributed by atoms with Gasteiger partial charge in [-0.15, -0.1) is 0 Å². The molecule has 3 rings (SSSR count). The lowest BCUT2D eigenvalue weighted by Crippen LogP contribution is -2.30. The van der Waals surface area contributed by atoms with Crippen LogP contribution >= 0.6 is 11.6 Å². The fourth-order valence-electron chi connectivity index (χ4n) is 2.50. The molecule has 1 aromatic heterocycles. The monoisotopic (exact) mass is 335 g/mol. The molecular weight excluding hydrogens is 318 g/mol. The van der Waals surface area contributed by atoms with E-state index in [0.717, 1.165) is 25.0 Å². The molecule has 1 aromatic carbocycles. The van der Waals surface area contributed by atoms with E-state index in [1.54, 1.807) is 24.3 Å². The lowest BCUT2D eigenvalue weighted by atomic mass is 10.1. The highest BCUT2D eigenvalue weighted by Gasteiger charge is 2.22. The van der Waals surface area contributed by atoms with Crippen molar-refractivity contribution in [3.63, 3.8) is 0 Å². The summed E-state index contributed by atoms with van der Waals surface area (Å²) in [6.45, 7) is 2.56. The summed E-state index contributed by atoms with van der Waals surface area (Å²) in [5.74, 6) is 0.773. The largest absolute Gasteiger partial charge is 0.378 e. The number of halogens is 1. The molecule has 0 bridgehead atoms. The molecule has 1 amide bonds. The van der Waals surface area contributed by atoms with Gasteiger partial charge in [-0.05, 0) is 44.0 Å².